The summed E-state index contributed by atoms with van der Waals surface area (Å²) in [5.41, 5.74) is 8.06. The van der Waals surface area contributed by atoms with Gasteiger partial charge in [-0.2, -0.15) is 5.26 Å². The molecule has 0 aromatic heterocycles. The molecular weight excluding hydrogens is 741 g/mol. The SMILES string of the molecule is [C-]#[N+]c1cc(C#N)cc(COc2cc(O[C@H]3CCc4c(-c5cccc(OCCCN6CC[C@H](F)C[C@@H]6C)c5C)cccc43)c(Cl)cc2CN[C@H]2CCC(=O)NC2)c1. The van der Waals surface area contributed by atoms with E-state index in [9.17, 15) is 14.4 Å². The number of piperidine rings is 2. The molecule has 0 saturated carbocycles. The molecule has 2 N–H and O–H groups in total. The van der Waals surface area contributed by atoms with E-state index in [1.807, 2.05) is 18.2 Å². The Labute approximate surface area is 339 Å². The number of hydrogen-bond donors (Lipinski definition) is 2. The predicted octanol–water partition coefficient (Wildman–Crippen LogP) is 9.34. The number of benzene rings is 4. The van der Waals surface area contributed by atoms with E-state index in [0.717, 1.165) is 66.8 Å². The fourth-order valence-corrected chi connectivity index (χ4v) is 8.53. The van der Waals surface area contributed by atoms with Crippen LogP contribution in [0.4, 0.5) is 10.1 Å². The number of halogens is 2. The number of likely N-dealkylation sites (tertiary alicyclic amines) is 1. The second-order valence-electron chi connectivity index (χ2n) is 15.4. The second-order valence-corrected chi connectivity index (χ2v) is 15.8. The monoisotopic (exact) mass is 789 g/mol. The van der Waals surface area contributed by atoms with Crippen molar-refractivity contribution in [1.29, 1.82) is 5.26 Å². The zero-order chi connectivity index (χ0) is 39.9. The van der Waals surface area contributed by atoms with Crippen molar-refractivity contribution in [2.24, 2.45) is 0 Å². The van der Waals surface area contributed by atoms with Gasteiger partial charge in [0.05, 0.1) is 24.3 Å². The molecule has 57 heavy (non-hydrogen) atoms. The van der Waals surface area contributed by atoms with Crippen LogP contribution in [0.5, 0.6) is 17.2 Å². The highest BCUT2D eigenvalue weighted by atomic mass is 35.5. The molecule has 4 aromatic rings. The molecule has 0 radical (unpaired) electrons. The Bertz CT molecular complexity index is 2140. The fraction of sp³-hybridized carbons (Fsp3) is 0.413. The van der Waals surface area contributed by atoms with Crippen LogP contribution in [0.3, 0.4) is 0 Å². The van der Waals surface area contributed by atoms with E-state index in [1.165, 1.54) is 11.1 Å². The first-order chi connectivity index (χ1) is 27.7. The van der Waals surface area contributed by atoms with Crippen LogP contribution in [-0.4, -0.2) is 55.3 Å². The first-order valence-electron chi connectivity index (χ1n) is 19.9. The lowest BCUT2D eigenvalue weighted by Gasteiger charge is -2.34. The zero-order valence-corrected chi connectivity index (χ0v) is 33.3. The number of fused-ring (bicyclic) bond motifs is 1. The molecule has 7 rings (SSSR count). The average molecular weight is 790 g/mol. The van der Waals surface area contributed by atoms with Crippen LogP contribution >= 0.6 is 11.6 Å². The topological polar surface area (TPSA) is 100 Å². The molecule has 2 fully saturated rings. The number of carbonyl (C=O) groups excluding carboxylic acids is 1. The van der Waals surface area contributed by atoms with Crippen LogP contribution in [0, 0.1) is 24.8 Å². The van der Waals surface area contributed by atoms with Gasteiger partial charge in [0.25, 0.3) is 0 Å². The summed E-state index contributed by atoms with van der Waals surface area (Å²) in [5, 5.41) is 16.4. The molecule has 9 nitrogen and oxygen atoms in total. The Morgan fingerprint density at radius 3 is 2.67 bits per heavy atom. The molecule has 1 amide bonds. The molecule has 4 atom stereocenters. The number of nitrogens with zero attached hydrogens (tertiary/aromatic N) is 3. The summed E-state index contributed by atoms with van der Waals surface area (Å²) in [6.45, 7) is 15.1. The van der Waals surface area contributed by atoms with Crippen molar-refractivity contribution >= 4 is 23.2 Å². The van der Waals surface area contributed by atoms with Gasteiger partial charge in [-0.25, -0.2) is 9.24 Å². The Kier molecular flexibility index (Phi) is 13.0. The molecule has 0 spiro atoms. The standard InChI is InChI=1S/C46H49ClFN5O4/c1-29-19-34(48)15-17-53(29)16-6-18-55-42-10-5-7-37(30(42)2)38-8-4-9-40-39(38)12-13-43(40)57-45-24-44(56-28-32-20-31(25-49)21-36(22-32)50-3)33(23-41(45)47)26-51-35-11-14-46(54)52-27-35/h4-5,7-10,20-24,29,34-35,43,51H,6,11-19,26-28H2,1-2H3,(H,52,54)/t29-,34-,35-,43-/m0/s1. The van der Waals surface area contributed by atoms with Gasteiger partial charge in [0.2, 0.25) is 5.91 Å². The van der Waals surface area contributed by atoms with Crippen molar-refractivity contribution in [3.05, 3.63) is 117 Å². The van der Waals surface area contributed by atoms with E-state index in [-0.39, 0.29) is 30.7 Å². The van der Waals surface area contributed by atoms with Crippen LogP contribution in [-0.2, 0) is 24.4 Å². The maximum atomic E-state index is 13.8. The van der Waals surface area contributed by atoms with Crippen molar-refractivity contribution in [3.63, 3.8) is 0 Å². The van der Waals surface area contributed by atoms with Gasteiger partial charge >= 0.3 is 0 Å². The first-order valence-corrected chi connectivity index (χ1v) is 20.3. The van der Waals surface area contributed by atoms with Crippen molar-refractivity contribution in [2.45, 2.75) is 96.3 Å². The van der Waals surface area contributed by atoms with E-state index >= 15 is 0 Å². The summed E-state index contributed by atoms with van der Waals surface area (Å²) >= 11 is 6.95. The number of carbonyl (C=O) groups is 1. The van der Waals surface area contributed by atoms with Crippen molar-refractivity contribution in [1.82, 2.24) is 15.5 Å². The highest BCUT2D eigenvalue weighted by molar-refractivity contribution is 6.32. The van der Waals surface area contributed by atoms with Gasteiger partial charge in [-0.15, -0.1) is 0 Å². The van der Waals surface area contributed by atoms with Gasteiger partial charge < -0.3 is 29.7 Å². The van der Waals surface area contributed by atoms with E-state index in [2.05, 4.69) is 70.6 Å². The van der Waals surface area contributed by atoms with E-state index < -0.39 is 6.17 Å². The second kappa shape index (κ2) is 18.4. The van der Waals surface area contributed by atoms with Crippen LogP contribution in [0.15, 0.2) is 66.7 Å². The lowest BCUT2D eigenvalue weighted by Crippen LogP contribution is -2.45. The number of ether oxygens (including phenoxy) is 3. The van der Waals surface area contributed by atoms with E-state index in [0.29, 0.717) is 72.3 Å². The van der Waals surface area contributed by atoms with Crippen molar-refractivity contribution in [3.8, 4) is 34.4 Å². The molecule has 3 aliphatic rings. The largest absolute Gasteiger partial charge is 0.493 e. The maximum absolute atomic E-state index is 13.8. The maximum Gasteiger partial charge on any atom is 0.220 e. The van der Waals surface area contributed by atoms with Crippen molar-refractivity contribution in [2.75, 3.05) is 26.2 Å². The summed E-state index contributed by atoms with van der Waals surface area (Å²) in [6, 6.07) is 23.8. The first kappa shape index (κ1) is 40.1. The Hall–Kier alpha value is -5.13. The summed E-state index contributed by atoms with van der Waals surface area (Å²) in [7, 11) is 0. The van der Waals surface area contributed by atoms with E-state index in [1.54, 1.807) is 18.2 Å². The number of nitrogens with one attached hydrogen (secondary N) is 2. The Balaban J connectivity index is 1.07. The lowest BCUT2D eigenvalue weighted by atomic mass is 9.93. The van der Waals surface area contributed by atoms with Gasteiger partial charge in [-0.1, -0.05) is 41.9 Å². The molecular formula is C46H49ClFN5O4. The van der Waals surface area contributed by atoms with Gasteiger partial charge in [-0.05, 0) is 116 Å². The zero-order valence-electron chi connectivity index (χ0n) is 32.6. The molecule has 11 heteroatoms. The summed E-state index contributed by atoms with van der Waals surface area (Å²) in [5.74, 6) is 2.01. The van der Waals surface area contributed by atoms with Crippen LogP contribution in [0.25, 0.3) is 16.0 Å². The fourth-order valence-electron chi connectivity index (χ4n) is 8.30. The minimum Gasteiger partial charge on any atom is -0.493 e. The molecule has 0 bridgehead atoms. The number of alkyl halides is 1. The third kappa shape index (κ3) is 9.71. The lowest BCUT2D eigenvalue weighted by molar-refractivity contribution is -0.122. The van der Waals surface area contributed by atoms with Gasteiger partial charge in [0.15, 0.2) is 5.69 Å². The van der Waals surface area contributed by atoms with Gasteiger partial charge in [0, 0.05) is 61.9 Å². The number of amides is 1. The van der Waals surface area contributed by atoms with Crippen LogP contribution in [0.2, 0.25) is 5.02 Å². The quantitative estimate of drug-likeness (QED) is 0.0971. The average Bonchev–Trinajstić information content (AvgIpc) is 3.63. The highest BCUT2D eigenvalue weighted by Crippen LogP contribution is 2.44. The van der Waals surface area contributed by atoms with Crippen molar-refractivity contribution < 1.29 is 23.4 Å². The Morgan fingerprint density at radius 1 is 1.04 bits per heavy atom. The molecule has 1 aliphatic carbocycles. The summed E-state index contributed by atoms with van der Waals surface area (Å²) in [4.78, 5) is 17.6. The molecule has 0 unspecified atom stereocenters. The number of rotatable bonds is 14. The number of nitriles is 1. The van der Waals surface area contributed by atoms with E-state index in [4.69, 9.17) is 32.4 Å². The van der Waals surface area contributed by atoms with Gasteiger partial charge in [-0.3, -0.25) is 4.79 Å². The van der Waals surface area contributed by atoms with Crippen LogP contribution < -0.4 is 24.8 Å². The molecule has 4 aromatic carbocycles. The smallest absolute Gasteiger partial charge is 0.220 e. The summed E-state index contributed by atoms with van der Waals surface area (Å²) in [6.07, 6.45) is 4.03. The Morgan fingerprint density at radius 2 is 1.88 bits per heavy atom. The molecule has 2 saturated heterocycles. The minimum atomic E-state index is -0.683. The predicted molar refractivity (Wildman–Crippen MR) is 220 cm³/mol. The molecule has 2 aliphatic heterocycles. The minimum absolute atomic E-state index is 0.0581. The molecule has 296 valence electrons. The number of hydrogen-bond acceptors (Lipinski definition) is 7. The molecule has 2 heterocycles. The highest BCUT2D eigenvalue weighted by Gasteiger charge is 2.29. The third-order valence-corrected chi connectivity index (χ3v) is 11.7. The van der Waals surface area contributed by atoms with Crippen LogP contribution in [0.1, 0.15) is 84.9 Å². The third-order valence-electron chi connectivity index (χ3n) is 11.4. The normalized spacial score (nSPS) is 20.6. The summed E-state index contributed by atoms with van der Waals surface area (Å²) < 4.78 is 33.2. The van der Waals surface area contributed by atoms with Gasteiger partial charge in [0.1, 0.15) is 36.1 Å².